The summed E-state index contributed by atoms with van der Waals surface area (Å²) in [5.41, 5.74) is 1.67. The Balaban J connectivity index is 1.83. The van der Waals surface area contributed by atoms with Crippen molar-refractivity contribution in [3.05, 3.63) is 29.8 Å². The van der Waals surface area contributed by atoms with Gasteiger partial charge in [-0.3, -0.25) is 4.79 Å². The molecule has 5 heteroatoms. The smallest absolute Gasteiger partial charge is 0.241 e. The third-order valence-corrected chi connectivity index (χ3v) is 3.94. The summed E-state index contributed by atoms with van der Waals surface area (Å²) in [5, 5.41) is 6.13. The van der Waals surface area contributed by atoms with Crippen LogP contribution in [0.3, 0.4) is 0 Å². The van der Waals surface area contributed by atoms with Crippen LogP contribution in [0.25, 0.3) is 0 Å². The van der Waals surface area contributed by atoms with Gasteiger partial charge in [0, 0.05) is 32.4 Å². The molecule has 116 valence electrons. The second kappa shape index (κ2) is 7.02. The number of carbonyl (C=O) groups is 1. The Morgan fingerprint density at radius 1 is 1.43 bits per heavy atom. The van der Waals surface area contributed by atoms with E-state index in [-0.39, 0.29) is 17.6 Å². The number of anilines is 1. The second-order valence-electron chi connectivity index (χ2n) is 5.65. The van der Waals surface area contributed by atoms with Crippen LogP contribution in [0.1, 0.15) is 18.9 Å². The summed E-state index contributed by atoms with van der Waals surface area (Å²) in [4.78, 5) is 12.1. The van der Waals surface area contributed by atoms with E-state index in [4.69, 9.17) is 9.47 Å². The van der Waals surface area contributed by atoms with E-state index < -0.39 is 0 Å². The number of amides is 1. The maximum Gasteiger partial charge on any atom is 0.241 e. The van der Waals surface area contributed by atoms with E-state index in [0.717, 1.165) is 12.1 Å². The standard InChI is InChI=1S/C16H24N2O3/c1-12-4-6-14(7-5-12)18-15(19)13(2)17-10-16(20-3)8-9-21-11-16/h4-7,13,17H,8-11H2,1-3H3,(H,18,19). The molecule has 1 amide bonds. The summed E-state index contributed by atoms with van der Waals surface area (Å²) in [5.74, 6) is -0.0518. The lowest BCUT2D eigenvalue weighted by Crippen LogP contribution is -2.48. The van der Waals surface area contributed by atoms with E-state index in [1.807, 2.05) is 38.1 Å². The molecule has 2 rings (SSSR count). The molecule has 1 aromatic carbocycles. The number of nitrogens with one attached hydrogen (secondary N) is 2. The Morgan fingerprint density at radius 3 is 2.71 bits per heavy atom. The van der Waals surface area contributed by atoms with Crippen LogP contribution in [0.4, 0.5) is 5.69 Å². The first kappa shape index (κ1) is 15.9. The Labute approximate surface area is 126 Å². The fourth-order valence-electron chi connectivity index (χ4n) is 2.28. The summed E-state index contributed by atoms with van der Waals surface area (Å²) < 4.78 is 10.9. The van der Waals surface area contributed by atoms with Gasteiger partial charge in [0.25, 0.3) is 0 Å². The molecule has 0 saturated carbocycles. The molecular formula is C16H24N2O3. The largest absolute Gasteiger partial charge is 0.378 e. The number of methoxy groups -OCH3 is 1. The minimum atomic E-state index is -0.307. The van der Waals surface area contributed by atoms with Gasteiger partial charge in [-0.1, -0.05) is 17.7 Å². The first-order valence-corrected chi connectivity index (χ1v) is 7.28. The van der Waals surface area contributed by atoms with Crippen LogP contribution in [0.15, 0.2) is 24.3 Å². The molecule has 2 atom stereocenters. The molecule has 2 unspecified atom stereocenters. The summed E-state index contributed by atoms with van der Waals surface area (Å²) in [7, 11) is 1.69. The van der Waals surface area contributed by atoms with Crippen molar-refractivity contribution in [3.63, 3.8) is 0 Å². The van der Waals surface area contributed by atoms with E-state index in [1.165, 1.54) is 5.56 Å². The van der Waals surface area contributed by atoms with Gasteiger partial charge in [-0.2, -0.15) is 0 Å². The first-order valence-electron chi connectivity index (χ1n) is 7.28. The van der Waals surface area contributed by atoms with Crippen molar-refractivity contribution in [2.24, 2.45) is 0 Å². The van der Waals surface area contributed by atoms with Crippen molar-refractivity contribution >= 4 is 11.6 Å². The number of ether oxygens (including phenoxy) is 2. The van der Waals surface area contributed by atoms with Gasteiger partial charge in [0.1, 0.15) is 5.60 Å². The van der Waals surface area contributed by atoms with Crippen LogP contribution < -0.4 is 10.6 Å². The van der Waals surface area contributed by atoms with Crippen LogP contribution in [0.2, 0.25) is 0 Å². The van der Waals surface area contributed by atoms with Crippen molar-refractivity contribution in [2.45, 2.75) is 31.9 Å². The van der Waals surface area contributed by atoms with Gasteiger partial charge in [-0.05, 0) is 26.0 Å². The molecular weight excluding hydrogens is 268 g/mol. The zero-order chi connectivity index (χ0) is 15.3. The molecule has 0 bridgehead atoms. The highest BCUT2D eigenvalue weighted by Crippen LogP contribution is 2.21. The van der Waals surface area contributed by atoms with E-state index >= 15 is 0 Å². The molecule has 2 N–H and O–H groups in total. The molecule has 1 aliphatic rings. The minimum absolute atomic E-state index is 0.0518. The summed E-state index contributed by atoms with van der Waals surface area (Å²) in [6.45, 7) is 5.75. The van der Waals surface area contributed by atoms with Crippen LogP contribution in [-0.4, -0.2) is 44.4 Å². The average Bonchev–Trinajstić information content (AvgIpc) is 2.96. The fourth-order valence-corrected chi connectivity index (χ4v) is 2.28. The predicted molar refractivity (Wildman–Crippen MR) is 82.4 cm³/mol. The Kier molecular flexibility index (Phi) is 5.33. The Morgan fingerprint density at radius 2 is 2.14 bits per heavy atom. The van der Waals surface area contributed by atoms with E-state index in [2.05, 4.69) is 10.6 Å². The van der Waals surface area contributed by atoms with Crippen molar-refractivity contribution in [1.82, 2.24) is 5.32 Å². The minimum Gasteiger partial charge on any atom is -0.378 e. The monoisotopic (exact) mass is 292 g/mol. The van der Waals surface area contributed by atoms with Crippen LogP contribution >= 0.6 is 0 Å². The predicted octanol–water partition coefficient (Wildman–Crippen LogP) is 1.72. The van der Waals surface area contributed by atoms with Crippen LogP contribution in [0.5, 0.6) is 0 Å². The van der Waals surface area contributed by atoms with Gasteiger partial charge < -0.3 is 20.1 Å². The second-order valence-corrected chi connectivity index (χ2v) is 5.65. The maximum absolute atomic E-state index is 12.1. The van der Waals surface area contributed by atoms with Gasteiger partial charge in [-0.25, -0.2) is 0 Å². The Bertz CT molecular complexity index is 467. The van der Waals surface area contributed by atoms with Crippen molar-refractivity contribution in [3.8, 4) is 0 Å². The summed E-state index contributed by atoms with van der Waals surface area (Å²) >= 11 is 0. The molecule has 1 heterocycles. The summed E-state index contributed by atoms with van der Waals surface area (Å²) in [6.07, 6.45) is 0.850. The molecule has 1 saturated heterocycles. The molecule has 1 aliphatic heterocycles. The zero-order valence-electron chi connectivity index (χ0n) is 12.9. The molecule has 5 nitrogen and oxygen atoms in total. The highest BCUT2D eigenvalue weighted by atomic mass is 16.5. The third-order valence-electron chi connectivity index (χ3n) is 3.94. The molecule has 0 aliphatic carbocycles. The van der Waals surface area contributed by atoms with Crippen molar-refractivity contribution in [1.29, 1.82) is 0 Å². The lowest BCUT2D eigenvalue weighted by molar-refractivity contribution is -0.118. The number of rotatable bonds is 6. The Hall–Kier alpha value is -1.43. The van der Waals surface area contributed by atoms with Gasteiger partial charge in [0.2, 0.25) is 5.91 Å². The first-order chi connectivity index (χ1) is 10.0. The number of aryl methyl sites for hydroxylation is 1. The topological polar surface area (TPSA) is 59.6 Å². The number of benzene rings is 1. The number of hydrogen-bond acceptors (Lipinski definition) is 4. The van der Waals surface area contributed by atoms with Gasteiger partial charge in [0.15, 0.2) is 0 Å². The maximum atomic E-state index is 12.1. The SMILES string of the molecule is COC1(CNC(C)C(=O)Nc2ccc(C)cc2)CCOC1. The van der Waals surface area contributed by atoms with Gasteiger partial charge >= 0.3 is 0 Å². The molecule has 1 fully saturated rings. The number of hydrogen-bond donors (Lipinski definition) is 2. The van der Waals surface area contributed by atoms with E-state index in [9.17, 15) is 4.79 Å². The van der Waals surface area contributed by atoms with E-state index in [1.54, 1.807) is 7.11 Å². The highest BCUT2D eigenvalue weighted by Gasteiger charge is 2.35. The lowest BCUT2D eigenvalue weighted by Gasteiger charge is -2.27. The lowest BCUT2D eigenvalue weighted by atomic mass is 10.0. The molecule has 0 aromatic heterocycles. The average molecular weight is 292 g/mol. The highest BCUT2D eigenvalue weighted by molar-refractivity contribution is 5.94. The van der Waals surface area contributed by atoms with Gasteiger partial charge in [-0.15, -0.1) is 0 Å². The molecule has 0 radical (unpaired) electrons. The van der Waals surface area contributed by atoms with Crippen LogP contribution in [-0.2, 0) is 14.3 Å². The third kappa shape index (κ3) is 4.27. The van der Waals surface area contributed by atoms with Gasteiger partial charge in [0.05, 0.1) is 12.6 Å². The van der Waals surface area contributed by atoms with E-state index in [0.29, 0.717) is 19.8 Å². The molecule has 21 heavy (non-hydrogen) atoms. The quantitative estimate of drug-likeness (QED) is 0.838. The molecule has 1 aromatic rings. The van der Waals surface area contributed by atoms with Crippen molar-refractivity contribution in [2.75, 3.05) is 32.2 Å². The zero-order valence-corrected chi connectivity index (χ0v) is 12.9. The van der Waals surface area contributed by atoms with Crippen LogP contribution in [0, 0.1) is 6.92 Å². The van der Waals surface area contributed by atoms with Crippen molar-refractivity contribution < 1.29 is 14.3 Å². The summed E-state index contributed by atoms with van der Waals surface area (Å²) in [6, 6.07) is 7.47. The normalized spacial score (nSPS) is 23.0. The number of carbonyl (C=O) groups excluding carboxylic acids is 1. The molecule has 0 spiro atoms. The fraction of sp³-hybridized carbons (Fsp3) is 0.562.